The van der Waals surface area contributed by atoms with Crippen molar-refractivity contribution in [2.75, 3.05) is 20.2 Å². The summed E-state index contributed by atoms with van der Waals surface area (Å²) in [5, 5.41) is 4.13. The number of ether oxygens (including phenoxy) is 1. The topological polar surface area (TPSA) is 21.3 Å². The summed E-state index contributed by atoms with van der Waals surface area (Å²) >= 11 is 1.99. The summed E-state index contributed by atoms with van der Waals surface area (Å²) in [6, 6.07) is 4.39. The van der Waals surface area contributed by atoms with Crippen LogP contribution in [0.3, 0.4) is 0 Å². The van der Waals surface area contributed by atoms with Crippen LogP contribution in [0.1, 0.15) is 17.5 Å². The van der Waals surface area contributed by atoms with Crippen molar-refractivity contribution in [2.24, 2.45) is 0 Å². The molecule has 1 saturated heterocycles. The molecule has 0 bridgehead atoms. The fraction of sp³-hybridized carbons (Fsp3) is 0.538. The first-order chi connectivity index (χ1) is 7.70. The van der Waals surface area contributed by atoms with Crippen molar-refractivity contribution >= 4 is 11.8 Å². The van der Waals surface area contributed by atoms with Gasteiger partial charge in [0.2, 0.25) is 0 Å². The Hall–Kier alpha value is -0.670. The first-order valence-electron chi connectivity index (χ1n) is 5.73. The summed E-state index contributed by atoms with van der Waals surface area (Å²) in [7, 11) is 1.73. The number of benzene rings is 1. The van der Waals surface area contributed by atoms with Crippen LogP contribution >= 0.6 is 11.8 Å². The lowest BCUT2D eigenvalue weighted by molar-refractivity contribution is 0.411. The average Bonchev–Trinajstić information content (AvgIpc) is 2.75. The van der Waals surface area contributed by atoms with Gasteiger partial charge in [0.25, 0.3) is 0 Å². The minimum Gasteiger partial charge on any atom is -0.496 e. The Labute approximate surface area is 102 Å². The van der Waals surface area contributed by atoms with Crippen molar-refractivity contribution in [3.05, 3.63) is 23.3 Å². The molecule has 0 spiro atoms. The zero-order chi connectivity index (χ0) is 11.5. The molecule has 0 aromatic heterocycles. The summed E-state index contributed by atoms with van der Waals surface area (Å²) < 4.78 is 5.33. The third-order valence-electron chi connectivity index (χ3n) is 3.00. The van der Waals surface area contributed by atoms with Gasteiger partial charge in [-0.1, -0.05) is 0 Å². The monoisotopic (exact) mass is 237 g/mol. The molecule has 1 fully saturated rings. The van der Waals surface area contributed by atoms with Gasteiger partial charge in [0.15, 0.2) is 0 Å². The molecule has 3 heteroatoms. The Kier molecular flexibility index (Phi) is 3.77. The molecule has 1 aromatic rings. The van der Waals surface area contributed by atoms with Crippen LogP contribution in [-0.4, -0.2) is 25.4 Å². The van der Waals surface area contributed by atoms with E-state index >= 15 is 0 Å². The highest BCUT2D eigenvalue weighted by atomic mass is 32.2. The number of hydrogen-bond donors (Lipinski definition) is 1. The van der Waals surface area contributed by atoms with Crippen molar-refractivity contribution in [1.29, 1.82) is 0 Å². The van der Waals surface area contributed by atoms with Crippen molar-refractivity contribution in [1.82, 2.24) is 5.32 Å². The number of thioether (sulfide) groups is 1. The largest absolute Gasteiger partial charge is 0.496 e. The summed E-state index contributed by atoms with van der Waals surface area (Å²) in [6.45, 7) is 6.56. The highest BCUT2D eigenvalue weighted by Gasteiger charge is 2.17. The van der Waals surface area contributed by atoms with Gasteiger partial charge in [0.1, 0.15) is 5.75 Å². The molecule has 1 aliphatic rings. The Bertz CT molecular complexity index is 372. The quantitative estimate of drug-likeness (QED) is 0.873. The number of rotatable bonds is 3. The standard InChI is InChI=1S/C13H19NOS/c1-9-7-13(10(2)6-12(9)15-3)16-11-4-5-14-8-11/h6-7,11,14H,4-5,8H2,1-3H3. The Morgan fingerprint density at radius 3 is 2.75 bits per heavy atom. The highest BCUT2D eigenvalue weighted by molar-refractivity contribution is 8.00. The fourth-order valence-electron chi connectivity index (χ4n) is 2.02. The molecule has 1 aliphatic heterocycles. The van der Waals surface area contributed by atoms with Crippen LogP contribution in [0.15, 0.2) is 17.0 Å². The van der Waals surface area contributed by atoms with Crippen LogP contribution in [0.4, 0.5) is 0 Å². The van der Waals surface area contributed by atoms with E-state index in [1.54, 1.807) is 7.11 Å². The molecule has 1 heterocycles. The number of aryl methyl sites for hydroxylation is 2. The van der Waals surface area contributed by atoms with Gasteiger partial charge in [0, 0.05) is 16.7 Å². The predicted molar refractivity (Wildman–Crippen MR) is 69.6 cm³/mol. The number of methoxy groups -OCH3 is 1. The summed E-state index contributed by atoms with van der Waals surface area (Å²) in [4.78, 5) is 1.40. The van der Waals surface area contributed by atoms with E-state index in [2.05, 4.69) is 31.3 Å². The average molecular weight is 237 g/mol. The molecule has 0 aliphatic carbocycles. The molecule has 1 unspecified atom stereocenters. The summed E-state index contributed by atoms with van der Waals surface area (Å²) in [5.41, 5.74) is 2.54. The fourth-order valence-corrected chi connectivity index (χ4v) is 3.30. The Balaban J connectivity index is 2.17. The zero-order valence-electron chi connectivity index (χ0n) is 10.2. The minimum absolute atomic E-state index is 0.728. The van der Waals surface area contributed by atoms with Crippen molar-refractivity contribution in [2.45, 2.75) is 30.4 Å². The molecule has 16 heavy (non-hydrogen) atoms. The van der Waals surface area contributed by atoms with E-state index in [-0.39, 0.29) is 0 Å². The lowest BCUT2D eigenvalue weighted by atomic mass is 10.1. The number of hydrogen-bond acceptors (Lipinski definition) is 3. The van der Waals surface area contributed by atoms with Gasteiger partial charge in [-0.25, -0.2) is 0 Å². The van der Waals surface area contributed by atoms with E-state index in [1.165, 1.54) is 22.4 Å². The normalized spacial score (nSPS) is 20.1. The molecular formula is C13H19NOS. The van der Waals surface area contributed by atoms with Crippen LogP contribution in [-0.2, 0) is 0 Å². The highest BCUT2D eigenvalue weighted by Crippen LogP contribution is 2.33. The molecule has 1 atom stereocenters. The Morgan fingerprint density at radius 1 is 1.31 bits per heavy atom. The van der Waals surface area contributed by atoms with Gasteiger partial charge < -0.3 is 10.1 Å². The van der Waals surface area contributed by atoms with E-state index < -0.39 is 0 Å². The smallest absolute Gasteiger partial charge is 0.122 e. The second-order valence-corrected chi connectivity index (χ2v) is 5.66. The third kappa shape index (κ3) is 2.53. The van der Waals surface area contributed by atoms with Gasteiger partial charge >= 0.3 is 0 Å². The summed E-state index contributed by atoms with van der Waals surface area (Å²) in [5.74, 6) is 0.992. The van der Waals surface area contributed by atoms with Crippen LogP contribution in [0, 0.1) is 13.8 Å². The van der Waals surface area contributed by atoms with Crippen LogP contribution in [0.5, 0.6) is 5.75 Å². The van der Waals surface area contributed by atoms with E-state index in [0.717, 1.165) is 24.1 Å². The van der Waals surface area contributed by atoms with E-state index in [1.807, 2.05) is 11.8 Å². The summed E-state index contributed by atoms with van der Waals surface area (Å²) in [6.07, 6.45) is 1.27. The van der Waals surface area contributed by atoms with Gasteiger partial charge in [-0.2, -0.15) is 0 Å². The van der Waals surface area contributed by atoms with Gasteiger partial charge in [-0.3, -0.25) is 0 Å². The first-order valence-corrected chi connectivity index (χ1v) is 6.61. The first kappa shape index (κ1) is 11.8. The van der Waals surface area contributed by atoms with Crippen molar-refractivity contribution in [3.63, 3.8) is 0 Å². The Morgan fingerprint density at radius 2 is 2.12 bits per heavy atom. The third-order valence-corrected chi connectivity index (χ3v) is 4.43. The van der Waals surface area contributed by atoms with E-state index in [9.17, 15) is 0 Å². The van der Waals surface area contributed by atoms with Gasteiger partial charge in [-0.05, 0) is 50.1 Å². The van der Waals surface area contributed by atoms with E-state index in [0.29, 0.717) is 0 Å². The molecule has 1 aromatic carbocycles. The van der Waals surface area contributed by atoms with E-state index in [4.69, 9.17) is 4.74 Å². The molecule has 2 nitrogen and oxygen atoms in total. The number of nitrogens with one attached hydrogen (secondary N) is 1. The lowest BCUT2D eigenvalue weighted by Gasteiger charge is -2.13. The van der Waals surface area contributed by atoms with Gasteiger partial charge in [-0.15, -0.1) is 11.8 Å². The molecule has 2 rings (SSSR count). The molecule has 0 amide bonds. The lowest BCUT2D eigenvalue weighted by Crippen LogP contribution is -2.10. The second-order valence-electron chi connectivity index (χ2n) is 4.32. The molecule has 0 radical (unpaired) electrons. The maximum absolute atomic E-state index is 5.33. The zero-order valence-corrected chi connectivity index (χ0v) is 11.0. The second kappa shape index (κ2) is 5.11. The van der Waals surface area contributed by atoms with Crippen LogP contribution in [0.2, 0.25) is 0 Å². The maximum atomic E-state index is 5.33. The van der Waals surface area contributed by atoms with Crippen LogP contribution in [0.25, 0.3) is 0 Å². The SMILES string of the molecule is COc1cc(C)c(SC2CCNC2)cc1C. The van der Waals surface area contributed by atoms with Crippen molar-refractivity contribution in [3.8, 4) is 5.75 Å². The van der Waals surface area contributed by atoms with Crippen molar-refractivity contribution < 1.29 is 4.74 Å². The maximum Gasteiger partial charge on any atom is 0.122 e. The van der Waals surface area contributed by atoms with Crippen LogP contribution < -0.4 is 10.1 Å². The molecule has 1 N–H and O–H groups in total. The minimum atomic E-state index is 0.728. The van der Waals surface area contributed by atoms with Gasteiger partial charge in [0.05, 0.1) is 7.11 Å². The molecular weight excluding hydrogens is 218 g/mol. The molecule has 88 valence electrons. The molecule has 0 saturated carbocycles. The predicted octanol–water partition coefficient (Wildman–Crippen LogP) is 2.77.